The molecule has 90 heavy (non-hydrogen) atoms. The molecule has 0 aromatic rings. The van der Waals surface area contributed by atoms with E-state index in [4.69, 9.17) is 37.0 Å². The van der Waals surface area contributed by atoms with Crippen molar-refractivity contribution in [1.82, 2.24) is 0 Å². The third-order valence-corrected chi connectivity index (χ3v) is 19.0. The van der Waals surface area contributed by atoms with E-state index in [-0.39, 0.29) is 25.7 Å². The van der Waals surface area contributed by atoms with Crippen LogP contribution in [0.4, 0.5) is 0 Å². The molecule has 7 atom stereocenters. The lowest BCUT2D eigenvalue weighted by atomic mass is 9.99. The molecule has 0 radical (unpaired) electrons. The number of carbonyl (C=O) groups excluding carboxylic acids is 4. The first-order valence-corrected chi connectivity index (χ1v) is 39.9. The SMILES string of the molecule is CCCCCCCC(=O)OC[C@H](COP(=O)(O)OC[C@H](O)COP(=O)(O)OC[C@@H](COC(=O)CCCCCCCCCCCCC(C)CC)OC(=O)CCCCCCCCCCCCCCCCCCCCC(C)C)OC(=O)CCCCCCCCC(C)CC. The molecule has 534 valence electrons. The molecule has 0 aliphatic rings. The second kappa shape index (κ2) is 61.9. The van der Waals surface area contributed by atoms with Gasteiger partial charge in [-0.2, -0.15) is 0 Å². The van der Waals surface area contributed by atoms with E-state index in [0.717, 1.165) is 114 Å². The summed E-state index contributed by atoms with van der Waals surface area (Å²) in [5, 5.41) is 10.6. The number of phosphoric acid groups is 2. The number of unbranched alkanes of at least 4 members (excludes halogenated alkanes) is 35. The fraction of sp³-hybridized carbons (Fsp3) is 0.944. The quantitative estimate of drug-likeness (QED) is 0.0222. The molecule has 4 unspecified atom stereocenters. The van der Waals surface area contributed by atoms with Crippen LogP contribution in [0.3, 0.4) is 0 Å². The van der Waals surface area contributed by atoms with Crippen molar-refractivity contribution in [1.29, 1.82) is 0 Å². The largest absolute Gasteiger partial charge is 0.472 e. The Labute approximate surface area is 549 Å². The number of esters is 4. The van der Waals surface area contributed by atoms with Crippen LogP contribution in [0.1, 0.15) is 357 Å². The van der Waals surface area contributed by atoms with Gasteiger partial charge < -0.3 is 33.8 Å². The number of ether oxygens (including phenoxy) is 4. The van der Waals surface area contributed by atoms with E-state index >= 15 is 0 Å². The number of aliphatic hydroxyl groups is 1. The van der Waals surface area contributed by atoms with Gasteiger partial charge in [-0.3, -0.25) is 37.3 Å². The molecule has 0 amide bonds. The second-order valence-electron chi connectivity index (χ2n) is 26.6. The molecule has 3 N–H and O–H groups in total. The van der Waals surface area contributed by atoms with E-state index < -0.39 is 97.5 Å². The first kappa shape index (κ1) is 88.1. The molecular weight excluding hydrogens is 1190 g/mol. The molecule has 0 aromatic heterocycles. The van der Waals surface area contributed by atoms with E-state index in [2.05, 4.69) is 48.5 Å². The number of hydrogen-bond donors (Lipinski definition) is 3. The summed E-state index contributed by atoms with van der Waals surface area (Å²) in [6, 6.07) is 0. The van der Waals surface area contributed by atoms with Gasteiger partial charge >= 0.3 is 39.5 Å². The van der Waals surface area contributed by atoms with Gasteiger partial charge in [-0.15, -0.1) is 0 Å². The Balaban J connectivity index is 5.13. The maximum Gasteiger partial charge on any atom is 0.472 e. The predicted molar refractivity (Wildman–Crippen MR) is 363 cm³/mol. The Morgan fingerprint density at radius 3 is 0.844 bits per heavy atom. The first-order valence-electron chi connectivity index (χ1n) is 36.9. The van der Waals surface area contributed by atoms with E-state index in [1.807, 2.05) is 0 Å². The topological polar surface area (TPSA) is 237 Å². The van der Waals surface area contributed by atoms with E-state index in [9.17, 15) is 43.2 Å². The number of hydrogen-bond acceptors (Lipinski definition) is 15. The predicted octanol–water partition coefficient (Wildman–Crippen LogP) is 20.2. The molecule has 0 spiro atoms. The third-order valence-electron chi connectivity index (χ3n) is 17.1. The Bertz CT molecular complexity index is 1770. The molecule has 0 saturated carbocycles. The average molecular weight is 1330 g/mol. The summed E-state index contributed by atoms with van der Waals surface area (Å²) in [4.78, 5) is 72.3. The van der Waals surface area contributed by atoms with Crippen LogP contribution in [-0.2, 0) is 65.4 Å². The van der Waals surface area contributed by atoms with Crippen molar-refractivity contribution in [2.24, 2.45) is 17.8 Å². The average Bonchev–Trinajstić information content (AvgIpc) is 3.69. The molecule has 0 aromatic carbocycles. The minimum absolute atomic E-state index is 0.102. The lowest BCUT2D eigenvalue weighted by Gasteiger charge is -2.21. The van der Waals surface area contributed by atoms with Crippen molar-refractivity contribution < 1.29 is 80.2 Å². The molecule has 0 heterocycles. The molecule has 17 nitrogen and oxygen atoms in total. The van der Waals surface area contributed by atoms with Gasteiger partial charge in [-0.25, -0.2) is 9.13 Å². The molecule has 0 fully saturated rings. The van der Waals surface area contributed by atoms with Gasteiger partial charge in [0.1, 0.15) is 19.3 Å². The van der Waals surface area contributed by atoms with Crippen LogP contribution in [0.5, 0.6) is 0 Å². The Morgan fingerprint density at radius 1 is 0.322 bits per heavy atom. The molecule has 0 saturated heterocycles. The maximum atomic E-state index is 13.0. The van der Waals surface area contributed by atoms with Crippen molar-refractivity contribution in [2.75, 3.05) is 39.6 Å². The van der Waals surface area contributed by atoms with Gasteiger partial charge in [-0.05, 0) is 43.4 Å². The van der Waals surface area contributed by atoms with Gasteiger partial charge in [0.2, 0.25) is 0 Å². The molecule has 0 rings (SSSR count). The Morgan fingerprint density at radius 2 is 0.567 bits per heavy atom. The summed E-state index contributed by atoms with van der Waals surface area (Å²) in [5.74, 6) is 0.211. The highest BCUT2D eigenvalue weighted by Crippen LogP contribution is 2.45. The van der Waals surface area contributed by atoms with Crippen LogP contribution in [0.15, 0.2) is 0 Å². The van der Waals surface area contributed by atoms with Crippen LogP contribution in [0, 0.1) is 17.8 Å². The highest BCUT2D eigenvalue weighted by atomic mass is 31.2. The summed E-state index contributed by atoms with van der Waals surface area (Å²) in [5.41, 5.74) is 0. The van der Waals surface area contributed by atoms with Gasteiger partial charge in [0, 0.05) is 25.7 Å². The number of rotatable bonds is 69. The van der Waals surface area contributed by atoms with Crippen molar-refractivity contribution in [2.45, 2.75) is 375 Å². The molecule has 0 aliphatic carbocycles. The summed E-state index contributed by atoms with van der Waals surface area (Å²) in [6.07, 6.45) is 46.3. The van der Waals surface area contributed by atoms with Gasteiger partial charge in [0.15, 0.2) is 12.2 Å². The summed E-state index contributed by atoms with van der Waals surface area (Å²) >= 11 is 0. The number of phosphoric ester groups is 2. The minimum atomic E-state index is -4.95. The van der Waals surface area contributed by atoms with Crippen LogP contribution >= 0.6 is 15.6 Å². The van der Waals surface area contributed by atoms with E-state index in [1.54, 1.807) is 0 Å². The van der Waals surface area contributed by atoms with Gasteiger partial charge in [0.25, 0.3) is 0 Å². The van der Waals surface area contributed by atoms with Crippen molar-refractivity contribution >= 4 is 39.5 Å². The molecule has 0 aliphatic heterocycles. The summed E-state index contributed by atoms with van der Waals surface area (Å²) < 4.78 is 68.1. The highest BCUT2D eigenvalue weighted by Gasteiger charge is 2.30. The fourth-order valence-corrected chi connectivity index (χ4v) is 12.2. The molecule has 0 bridgehead atoms. The van der Waals surface area contributed by atoms with Crippen LogP contribution in [0.25, 0.3) is 0 Å². The van der Waals surface area contributed by atoms with Crippen LogP contribution in [0.2, 0.25) is 0 Å². The lowest BCUT2D eigenvalue weighted by molar-refractivity contribution is -0.161. The molecular formula is C71H138O17P2. The zero-order valence-corrected chi connectivity index (χ0v) is 60.4. The monoisotopic (exact) mass is 1320 g/mol. The third kappa shape index (κ3) is 62.2. The zero-order valence-electron chi connectivity index (χ0n) is 58.6. The summed E-state index contributed by atoms with van der Waals surface area (Å²) in [7, 11) is -9.89. The number of carbonyl (C=O) groups is 4. The second-order valence-corrected chi connectivity index (χ2v) is 29.5. The summed E-state index contributed by atoms with van der Waals surface area (Å²) in [6.45, 7) is 11.8. The fourth-order valence-electron chi connectivity index (χ4n) is 10.7. The standard InChI is InChI=1S/C71H138O17P2/c1-8-11-12-35-45-52-68(73)81-58-66(88-71(76)55-48-41-34-33-38-44-51-64(7)10-3)60-85-89(77,78)83-56-65(72)57-84-90(79,80)86-61-67(59-82-69(74)53-46-39-31-27-24-23-26-30-37-43-50-63(6)9-2)87-70(75)54-47-40-32-28-22-20-18-16-14-13-15-17-19-21-25-29-36-42-49-62(4)5/h62-67,72H,8-61H2,1-7H3,(H,77,78)(H,79,80)/t63?,64?,65-,66+,67+/m0/s1. The van der Waals surface area contributed by atoms with Crippen LogP contribution < -0.4 is 0 Å². The lowest BCUT2D eigenvalue weighted by Crippen LogP contribution is -2.30. The van der Waals surface area contributed by atoms with E-state index in [1.165, 1.54) is 161 Å². The van der Waals surface area contributed by atoms with Crippen LogP contribution in [-0.4, -0.2) is 96.7 Å². The van der Waals surface area contributed by atoms with Gasteiger partial charge in [0.05, 0.1) is 26.4 Å². The smallest absolute Gasteiger partial charge is 0.462 e. The first-order chi connectivity index (χ1) is 43.3. The highest BCUT2D eigenvalue weighted by molar-refractivity contribution is 7.47. The minimum Gasteiger partial charge on any atom is -0.462 e. The number of aliphatic hydroxyl groups excluding tert-OH is 1. The maximum absolute atomic E-state index is 13.0. The Hall–Kier alpha value is -1.94. The van der Waals surface area contributed by atoms with Crippen molar-refractivity contribution in [3.05, 3.63) is 0 Å². The Kier molecular flexibility index (Phi) is 60.6. The zero-order chi connectivity index (χ0) is 66.6. The van der Waals surface area contributed by atoms with Gasteiger partial charge in [-0.1, -0.05) is 305 Å². The van der Waals surface area contributed by atoms with Crippen molar-refractivity contribution in [3.63, 3.8) is 0 Å². The van der Waals surface area contributed by atoms with E-state index in [0.29, 0.717) is 25.7 Å². The van der Waals surface area contributed by atoms with Crippen molar-refractivity contribution in [3.8, 4) is 0 Å². The normalized spacial score (nSPS) is 14.8. The molecule has 19 heteroatoms.